The summed E-state index contributed by atoms with van der Waals surface area (Å²) in [6.07, 6.45) is 0.907. The molecule has 1 aliphatic carbocycles. The standard InChI is InChI=1S/C29H33NO7/c1-17-26(29(32)37-13-12-33-2)27(18-10-11-24(35-4)25(16-18)36-5)28-21(30-17)14-19(15-22(28)31)20-8-6-7-9-23(20)34-3/h6-11,16,19,27,30H,12-15H2,1-5H3/t19-,27-/m0/s1. The quantitative estimate of drug-likeness (QED) is 0.398. The Kier molecular flexibility index (Phi) is 8.18. The van der Waals surface area contributed by atoms with Crippen molar-refractivity contribution in [2.24, 2.45) is 0 Å². The minimum Gasteiger partial charge on any atom is -0.496 e. The van der Waals surface area contributed by atoms with Crippen molar-refractivity contribution >= 4 is 11.8 Å². The van der Waals surface area contributed by atoms with Gasteiger partial charge >= 0.3 is 5.97 Å². The van der Waals surface area contributed by atoms with Crippen LogP contribution in [-0.2, 0) is 19.1 Å². The molecule has 37 heavy (non-hydrogen) atoms. The minimum atomic E-state index is -0.614. The maximum atomic E-state index is 13.8. The zero-order valence-corrected chi connectivity index (χ0v) is 21.9. The van der Waals surface area contributed by atoms with Crippen LogP contribution in [0.2, 0.25) is 0 Å². The molecule has 0 saturated carbocycles. The molecule has 8 nitrogen and oxygen atoms in total. The van der Waals surface area contributed by atoms with Crippen LogP contribution < -0.4 is 19.5 Å². The molecular formula is C29H33NO7. The van der Waals surface area contributed by atoms with E-state index in [1.54, 1.807) is 34.5 Å². The number of ketones is 1. The van der Waals surface area contributed by atoms with Crippen LogP contribution in [-0.4, -0.2) is 53.4 Å². The number of rotatable bonds is 9. The highest BCUT2D eigenvalue weighted by molar-refractivity contribution is 6.04. The van der Waals surface area contributed by atoms with Crippen LogP contribution in [0, 0.1) is 0 Å². The molecular weight excluding hydrogens is 474 g/mol. The van der Waals surface area contributed by atoms with Crippen molar-refractivity contribution in [3.63, 3.8) is 0 Å². The Hall–Kier alpha value is -3.78. The summed E-state index contributed by atoms with van der Waals surface area (Å²) in [4.78, 5) is 27.1. The Morgan fingerprint density at radius 1 is 0.919 bits per heavy atom. The SMILES string of the molecule is COCCOC(=O)C1=C(C)NC2=C(C(=O)C[C@@H](c3ccccc3OC)C2)[C@H]1c1ccc(OC)c(OC)c1. The highest BCUT2D eigenvalue weighted by Gasteiger charge is 2.42. The molecule has 4 rings (SSSR count). The molecule has 1 aliphatic heterocycles. The fourth-order valence-corrected chi connectivity index (χ4v) is 5.19. The number of esters is 1. The Bertz CT molecular complexity index is 1250. The molecule has 0 aromatic heterocycles. The van der Waals surface area contributed by atoms with Crippen molar-refractivity contribution in [2.75, 3.05) is 41.7 Å². The number of nitrogens with one attached hydrogen (secondary N) is 1. The molecule has 0 unspecified atom stereocenters. The summed E-state index contributed by atoms with van der Waals surface area (Å²) >= 11 is 0. The number of methoxy groups -OCH3 is 4. The number of benzene rings is 2. The zero-order chi connectivity index (χ0) is 26.5. The van der Waals surface area contributed by atoms with Gasteiger partial charge in [0.15, 0.2) is 17.3 Å². The lowest BCUT2D eigenvalue weighted by atomic mass is 9.71. The first-order valence-electron chi connectivity index (χ1n) is 12.2. The van der Waals surface area contributed by atoms with E-state index in [2.05, 4.69) is 5.32 Å². The number of hydrogen-bond donors (Lipinski definition) is 1. The second-order valence-electron chi connectivity index (χ2n) is 9.00. The molecule has 0 saturated heterocycles. The van der Waals surface area contributed by atoms with E-state index in [1.165, 1.54) is 0 Å². The van der Waals surface area contributed by atoms with Crippen molar-refractivity contribution < 1.29 is 33.3 Å². The Morgan fingerprint density at radius 3 is 2.35 bits per heavy atom. The lowest BCUT2D eigenvalue weighted by molar-refractivity contribution is -0.140. The van der Waals surface area contributed by atoms with Gasteiger partial charge in [0.25, 0.3) is 0 Å². The molecule has 0 spiro atoms. The number of para-hydroxylation sites is 1. The van der Waals surface area contributed by atoms with Crippen molar-refractivity contribution in [1.82, 2.24) is 5.32 Å². The molecule has 2 aliphatic rings. The summed E-state index contributed by atoms with van der Waals surface area (Å²) in [5.74, 6) is 0.644. The predicted molar refractivity (Wildman–Crippen MR) is 138 cm³/mol. The van der Waals surface area contributed by atoms with Crippen molar-refractivity contribution in [3.05, 3.63) is 76.1 Å². The second kappa shape index (κ2) is 11.5. The third kappa shape index (κ3) is 5.20. The van der Waals surface area contributed by atoms with Gasteiger partial charge in [-0.25, -0.2) is 4.79 Å². The van der Waals surface area contributed by atoms with Crippen LogP contribution in [0.25, 0.3) is 0 Å². The van der Waals surface area contributed by atoms with Crippen molar-refractivity contribution in [1.29, 1.82) is 0 Å². The van der Waals surface area contributed by atoms with Gasteiger partial charge < -0.3 is 29.0 Å². The molecule has 0 fully saturated rings. The number of Topliss-reactive ketones (excluding diaryl/α,β-unsaturated/α-hetero) is 1. The van der Waals surface area contributed by atoms with Crippen LogP contribution in [0.4, 0.5) is 0 Å². The summed E-state index contributed by atoms with van der Waals surface area (Å²) in [5, 5.41) is 3.37. The molecule has 2 aromatic rings. The topological polar surface area (TPSA) is 92.3 Å². The Balaban J connectivity index is 1.80. The monoisotopic (exact) mass is 507 g/mol. The predicted octanol–water partition coefficient (Wildman–Crippen LogP) is 4.26. The van der Waals surface area contributed by atoms with E-state index in [-0.39, 0.29) is 24.9 Å². The largest absolute Gasteiger partial charge is 0.496 e. The van der Waals surface area contributed by atoms with Gasteiger partial charge in [0.1, 0.15) is 12.4 Å². The average molecular weight is 508 g/mol. The van der Waals surface area contributed by atoms with Crippen molar-refractivity contribution in [2.45, 2.75) is 31.6 Å². The maximum absolute atomic E-state index is 13.8. The Morgan fingerprint density at radius 2 is 1.65 bits per heavy atom. The average Bonchev–Trinajstić information content (AvgIpc) is 2.91. The maximum Gasteiger partial charge on any atom is 0.336 e. The normalized spacial score (nSPS) is 19.2. The zero-order valence-electron chi connectivity index (χ0n) is 21.9. The first kappa shape index (κ1) is 26.3. The molecule has 196 valence electrons. The number of dihydropyridines is 1. The fraction of sp³-hybridized carbons (Fsp3) is 0.379. The van der Waals surface area contributed by atoms with Gasteiger partial charge in [0, 0.05) is 42.3 Å². The third-order valence-corrected chi connectivity index (χ3v) is 6.89. The van der Waals surface area contributed by atoms with Gasteiger partial charge in [-0.15, -0.1) is 0 Å². The van der Waals surface area contributed by atoms with Crippen LogP contribution >= 0.6 is 0 Å². The smallest absolute Gasteiger partial charge is 0.336 e. The molecule has 1 N–H and O–H groups in total. The molecule has 0 radical (unpaired) electrons. The highest BCUT2D eigenvalue weighted by atomic mass is 16.6. The van der Waals surface area contributed by atoms with Gasteiger partial charge in [0.05, 0.1) is 33.5 Å². The first-order chi connectivity index (χ1) is 17.9. The van der Waals surface area contributed by atoms with Crippen LogP contribution in [0.1, 0.15) is 42.7 Å². The molecule has 8 heteroatoms. The van der Waals surface area contributed by atoms with Gasteiger partial charge in [-0.1, -0.05) is 24.3 Å². The molecule has 0 bridgehead atoms. The summed E-state index contributed by atoms with van der Waals surface area (Å²) in [6, 6.07) is 13.2. The van der Waals surface area contributed by atoms with Crippen LogP contribution in [0.5, 0.6) is 17.2 Å². The number of hydrogen-bond acceptors (Lipinski definition) is 8. The van der Waals surface area contributed by atoms with Gasteiger partial charge in [-0.3, -0.25) is 4.79 Å². The van der Waals surface area contributed by atoms with E-state index < -0.39 is 11.9 Å². The molecule has 0 amide bonds. The molecule has 2 aromatic carbocycles. The fourth-order valence-electron chi connectivity index (χ4n) is 5.19. The number of carbonyl (C=O) groups excluding carboxylic acids is 2. The van der Waals surface area contributed by atoms with E-state index in [9.17, 15) is 9.59 Å². The van der Waals surface area contributed by atoms with E-state index in [0.717, 1.165) is 22.6 Å². The van der Waals surface area contributed by atoms with Gasteiger partial charge in [0.2, 0.25) is 0 Å². The molecule has 2 atom stereocenters. The van der Waals surface area contributed by atoms with E-state index in [4.69, 9.17) is 23.7 Å². The lowest BCUT2D eigenvalue weighted by Gasteiger charge is -2.37. The summed E-state index contributed by atoms with van der Waals surface area (Å²) < 4.78 is 27.1. The number of allylic oxidation sites excluding steroid dienone is 3. The van der Waals surface area contributed by atoms with Gasteiger partial charge in [-0.2, -0.15) is 0 Å². The van der Waals surface area contributed by atoms with E-state index in [0.29, 0.717) is 41.2 Å². The van der Waals surface area contributed by atoms with E-state index in [1.807, 2.05) is 43.3 Å². The van der Waals surface area contributed by atoms with E-state index >= 15 is 0 Å². The summed E-state index contributed by atoms with van der Waals surface area (Å²) in [6.45, 7) is 2.22. The number of ether oxygens (including phenoxy) is 5. The second-order valence-corrected chi connectivity index (χ2v) is 9.00. The van der Waals surface area contributed by atoms with Crippen molar-refractivity contribution in [3.8, 4) is 17.2 Å². The molecule has 1 heterocycles. The number of carbonyl (C=O) groups is 2. The third-order valence-electron chi connectivity index (χ3n) is 6.89. The van der Waals surface area contributed by atoms with Crippen LogP contribution in [0.15, 0.2) is 65.0 Å². The first-order valence-corrected chi connectivity index (χ1v) is 12.2. The Labute approximate surface area is 217 Å². The summed E-state index contributed by atoms with van der Waals surface area (Å²) in [7, 11) is 6.30. The lowest BCUT2D eigenvalue weighted by Crippen LogP contribution is -2.36. The van der Waals surface area contributed by atoms with Gasteiger partial charge in [-0.05, 0) is 42.7 Å². The minimum absolute atomic E-state index is 0.0286. The highest BCUT2D eigenvalue weighted by Crippen LogP contribution is 2.47. The van der Waals surface area contributed by atoms with Crippen LogP contribution in [0.3, 0.4) is 0 Å². The summed E-state index contributed by atoms with van der Waals surface area (Å²) in [5.41, 5.74) is 4.15.